The molecule has 42 heavy (non-hydrogen) atoms. The maximum atomic E-state index is 13.1. The summed E-state index contributed by atoms with van der Waals surface area (Å²) in [5, 5.41) is 14.7. The number of nitrogens with one attached hydrogen (secondary N) is 1. The van der Waals surface area contributed by atoms with Gasteiger partial charge >= 0.3 is 5.97 Å². The van der Waals surface area contributed by atoms with Gasteiger partial charge in [-0.25, -0.2) is 4.79 Å². The summed E-state index contributed by atoms with van der Waals surface area (Å²) in [7, 11) is 1.91. The molecule has 3 aliphatic rings. The fourth-order valence-electron chi connectivity index (χ4n) is 9.05. The molecule has 230 valence electrons. The second-order valence-electron chi connectivity index (χ2n) is 15.4. The predicted molar refractivity (Wildman–Crippen MR) is 169 cm³/mol. The molecule has 5 atom stereocenters. The number of hydrogen-bond donors (Lipinski definition) is 2. The highest BCUT2D eigenvalue weighted by Gasteiger charge is 2.58. The van der Waals surface area contributed by atoms with Gasteiger partial charge in [-0.2, -0.15) is 0 Å². The number of ether oxygens (including phenoxy) is 1. The Morgan fingerprint density at radius 3 is 2.57 bits per heavy atom. The van der Waals surface area contributed by atoms with E-state index in [0.29, 0.717) is 35.4 Å². The van der Waals surface area contributed by atoms with Gasteiger partial charge in [-0.1, -0.05) is 31.9 Å². The lowest BCUT2D eigenvalue weighted by atomic mass is 9.43. The van der Waals surface area contributed by atoms with Gasteiger partial charge in [0.1, 0.15) is 5.60 Å². The molecule has 1 aromatic heterocycles. The molecule has 0 saturated heterocycles. The van der Waals surface area contributed by atoms with Crippen molar-refractivity contribution in [1.82, 2.24) is 4.57 Å². The second-order valence-corrected chi connectivity index (χ2v) is 15.4. The quantitative estimate of drug-likeness (QED) is 0.268. The van der Waals surface area contributed by atoms with Gasteiger partial charge in [0.2, 0.25) is 5.91 Å². The van der Waals surface area contributed by atoms with Gasteiger partial charge in [0.05, 0.1) is 11.7 Å². The highest BCUT2D eigenvalue weighted by molar-refractivity contribution is 6.06. The van der Waals surface area contributed by atoms with E-state index in [0.717, 1.165) is 43.0 Å². The van der Waals surface area contributed by atoms with Gasteiger partial charge in [0.25, 0.3) is 0 Å². The van der Waals surface area contributed by atoms with Crippen molar-refractivity contribution in [2.24, 2.45) is 35.6 Å². The molecule has 3 aliphatic carbocycles. The molecular formula is C36H52N2O4. The Labute approximate surface area is 252 Å². The lowest BCUT2D eigenvalue weighted by Gasteiger charge is -2.62. The number of esters is 1. The SMILES string of the molecule is CC1=C(CCCC(=O)Nc2ccc3c(c2)c(C(=O)OC(C)(C)C)cn3C)[C@@H]2CC[C@H]3C(C)(C)[C@@H](O)CC[C@]3(C)[C@H]2CC1. The Morgan fingerprint density at radius 1 is 1.12 bits per heavy atom. The third-order valence-corrected chi connectivity index (χ3v) is 11.2. The van der Waals surface area contributed by atoms with E-state index < -0.39 is 5.60 Å². The fraction of sp³-hybridized carbons (Fsp3) is 0.667. The summed E-state index contributed by atoms with van der Waals surface area (Å²) in [6.45, 7) is 15.0. The Bertz CT molecular complexity index is 1390. The first-order valence-corrected chi connectivity index (χ1v) is 16.1. The lowest BCUT2D eigenvalue weighted by Crippen LogP contribution is -2.56. The average Bonchev–Trinajstić information content (AvgIpc) is 3.22. The largest absolute Gasteiger partial charge is 0.456 e. The summed E-state index contributed by atoms with van der Waals surface area (Å²) in [5.74, 6) is 1.50. The minimum Gasteiger partial charge on any atom is -0.456 e. The van der Waals surface area contributed by atoms with Gasteiger partial charge in [-0.05, 0) is 126 Å². The van der Waals surface area contributed by atoms with E-state index in [4.69, 9.17) is 4.74 Å². The van der Waals surface area contributed by atoms with Crippen LogP contribution in [0.15, 0.2) is 35.5 Å². The van der Waals surface area contributed by atoms with Gasteiger partial charge in [-0.15, -0.1) is 0 Å². The summed E-state index contributed by atoms with van der Waals surface area (Å²) in [4.78, 5) is 25.9. The van der Waals surface area contributed by atoms with Crippen LogP contribution in [0.5, 0.6) is 0 Å². The summed E-state index contributed by atoms with van der Waals surface area (Å²) in [6.07, 6.45) is 10.7. The van der Waals surface area contributed by atoms with Crippen LogP contribution in [-0.4, -0.2) is 33.3 Å². The van der Waals surface area contributed by atoms with E-state index in [-0.39, 0.29) is 28.8 Å². The maximum absolute atomic E-state index is 13.1. The number of allylic oxidation sites excluding steroid dienone is 2. The van der Waals surface area contributed by atoms with E-state index in [9.17, 15) is 14.7 Å². The molecule has 2 N–H and O–H groups in total. The smallest absolute Gasteiger partial charge is 0.340 e. The summed E-state index contributed by atoms with van der Waals surface area (Å²) >= 11 is 0. The number of aliphatic hydroxyl groups excluding tert-OH is 1. The topological polar surface area (TPSA) is 80.6 Å². The van der Waals surface area contributed by atoms with E-state index in [1.165, 1.54) is 24.8 Å². The number of aromatic nitrogens is 1. The minimum atomic E-state index is -0.580. The number of rotatable bonds is 6. The van der Waals surface area contributed by atoms with Crippen molar-refractivity contribution < 1.29 is 19.4 Å². The zero-order valence-electron chi connectivity index (χ0n) is 27.1. The van der Waals surface area contributed by atoms with E-state index in [2.05, 4.69) is 33.0 Å². The van der Waals surface area contributed by atoms with Crippen molar-refractivity contribution >= 4 is 28.5 Å². The summed E-state index contributed by atoms with van der Waals surface area (Å²) in [5.41, 5.74) is 4.95. The molecule has 1 aromatic carbocycles. The molecule has 0 spiro atoms. The van der Waals surface area contributed by atoms with Gasteiger partial charge in [-0.3, -0.25) is 4.79 Å². The number of aliphatic hydroxyl groups is 1. The Kier molecular flexibility index (Phi) is 8.19. The van der Waals surface area contributed by atoms with Crippen molar-refractivity contribution in [1.29, 1.82) is 0 Å². The molecule has 2 saturated carbocycles. The van der Waals surface area contributed by atoms with Crippen LogP contribution >= 0.6 is 0 Å². The fourth-order valence-corrected chi connectivity index (χ4v) is 9.05. The molecule has 5 rings (SSSR count). The van der Waals surface area contributed by atoms with Crippen LogP contribution in [0.25, 0.3) is 10.9 Å². The third kappa shape index (κ3) is 5.68. The number of hydrogen-bond acceptors (Lipinski definition) is 4. The molecule has 2 aromatic rings. The van der Waals surface area contributed by atoms with Crippen LogP contribution in [0, 0.1) is 28.6 Å². The van der Waals surface area contributed by atoms with Crippen molar-refractivity contribution in [3.63, 3.8) is 0 Å². The molecule has 1 heterocycles. The molecule has 6 nitrogen and oxygen atoms in total. The van der Waals surface area contributed by atoms with Gasteiger partial charge in [0, 0.05) is 36.3 Å². The molecule has 0 bridgehead atoms. The summed E-state index contributed by atoms with van der Waals surface area (Å²) in [6, 6.07) is 5.73. The Hall–Kier alpha value is -2.60. The van der Waals surface area contributed by atoms with Crippen LogP contribution < -0.4 is 5.32 Å². The second kappa shape index (κ2) is 11.2. The molecule has 0 unspecified atom stereocenters. The first kappa shape index (κ1) is 30.8. The zero-order chi connectivity index (χ0) is 30.6. The first-order valence-electron chi connectivity index (χ1n) is 16.1. The molecule has 2 fully saturated rings. The highest BCUT2D eigenvalue weighted by Crippen LogP contribution is 2.64. The molecule has 1 amide bonds. The third-order valence-electron chi connectivity index (χ3n) is 11.2. The van der Waals surface area contributed by atoms with Crippen LogP contribution in [0.4, 0.5) is 5.69 Å². The molecule has 0 radical (unpaired) electrons. The molecular weight excluding hydrogens is 524 g/mol. The Balaban J connectivity index is 1.23. The summed E-state index contributed by atoms with van der Waals surface area (Å²) < 4.78 is 7.53. The van der Waals surface area contributed by atoms with Crippen molar-refractivity contribution in [2.45, 2.75) is 118 Å². The number of carbonyl (C=O) groups is 2. The number of fused-ring (bicyclic) bond motifs is 4. The van der Waals surface area contributed by atoms with Crippen LogP contribution in [0.2, 0.25) is 0 Å². The Morgan fingerprint density at radius 2 is 1.86 bits per heavy atom. The van der Waals surface area contributed by atoms with Gasteiger partial charge < -0.3 is 19.7 Å². The maximum Gasteiger partial charge on any atom is 0.340 e. The van der Waals surface area contributed by atoms with Crippen molar-refractivity contribution in [3.05, 3.63) is 41.1 Å². The van der Waals surface area contributed by atoms with Crippen LogP contribution in [-0.2, 0) is 16.6 Å². The molecule has 0 aliphatic heterocycles. The van der Waals surface area contributed by atoms with Gasteiger partial charge in [0.15, 0.2) is 0 Å². The normalized spacial score (nSPS) is 29.2. The van der Waals surface area contributed by atoms with Crippen molar-refractivity contribution in [3.8, 4) is 0 Å². The van der Waals surface area contributed by atoms with Crippen LogP contribution in [0.3, 0.4) is 0 Å². The molecule has 6 heteroatoms. The first-order chi connectivity index (χ1) is 19.6. The number of carbonyl (C=O) groups excluding carboxylic acids is 2. The lowest BCUT2D eigenvalue weighted by molar-refractivity contribution is -0.149. The number of aryl methyl sites for hydroxylation is 1. The highest BCUT2D eigenvalue weighted by atomic mass is 16.6. The van der Waals surface area contributed by atoms with E-state index >= 15 is 0 Å². The monoisotopic (exact) mass is 576 g/mol. The zero-order valence-corrected chi connectivity index (χ0v) is 27.1. The minimum absolute atomic E-state index is 0.00778. The average molecular weight is 577 g/mol. The number of amides is 1. The standard InChI is InChI=1S/C36H52N2O4/c1-22-12-15-28-25(14-17-30-35(5,6)31(39)18-19-36(28,30)7)24(22)10-9-11-32(40)37-23-13-16-29-26(20-23)27(21-38(29)8)33(41)42-34(2,3)4/h13,16,20-21,25,28,30-31,39H,9-12,14-15,17-19H2,1-8H3,(H,37,40)/t25-,28-,30-,31-,36+/m0/s1. The predicted octanol–water partition coefficient (Wildman–Crippen LogP) is 8.18. The number of anilines is 1. The van der Waals surface area contributed by atoms with E-state index in [1.54, 1.807) is 11.8 Å². The number of benzene rings is 1. The number of nitrogens with zero attached hydrogens (tertiary/aromatic N) is 1. The van der Waals surface area contributed by atoms with E-state index in [1.807, 2.05) is 50.6 Å². The van der Waals surface area contributed by atoms with Crippen molar-refractivity contribution in [2.75, 3.05) is 5.32 Å². The van der Waals surface area contributed by atoms with Crippen LogP contribution in [0.1, 0.15) is 117 Å².